The van der Waals surface area contributed by atoms with Crippen LogP contribution in [0.4, 0.5) is 0 Å². The number of ether oxygens (including phenoxy) is 1. The van der Waals surface area contributed by atoms with Crippen molar-refractivity contribution in [2.45, 2.75) is 36.7 Å². The zero-order valence-corrected chi connectivity index (χ0v) is 21.7. The zero-order chi connectivity index (χ0) is 24.7. The first kappa shape index (κ1) is 24.6. The molecular weight excluding hydrogens is 491 g/mol. The molecule has 2 atom stereocenters. The van der Waals surface area contributed by atoms with Gasteiger partial charge in [0, 0.05) is 16.3 Å². The summed E-state index contributed by atoms with van der Waals surface area (Å²) in [4.78, 5) is 5.37. The highest BCUT2D eigenvalue weighted by Crippen LogP contribution is 2.48. The molecular formula is C26H26Cl2N2O3S. The lowest BCUT2D eigenvalue weighted by atomic mass is 9.72. The Hall–Kier alpha value is -2.54. The molecule has 1 aliphatic heterocycles. The Labute approximate surface area is 210 Å². The van der Waals surface area contributed by atoms with Crippen LogP contribution in [0, 0.1) is 0 Å². The van der Waals surface area contributed by atoms with Crippen molar-refractivity contribution in [3.05, 3.63) is 93.5 Å². The summed E-state index contributed by atoms with van der Waals surface area (Å²) in [6, 6.07) is 20.2. The van der Waals surface area contributed by atoms with Crippen molar-refractivity contribution in [1.82, 2.24) is 5.32 Å². The molecule has 1 N–H and O–H groups in total. The van der Waals surface area contributed by atoms with Gasteiger partial charge in [0.2, 0.25) is 0 Å². The fraction of sp³-hybridized carbons (Fsp3) is 0.269. The normalized spacial score (nSPS) is 22.2. The molecule has 0 radical (unpaired) electrons. The minimum absolute atomic E-state index is 0.194. The summed E-state index contributed by atoms with van der Waals surface area (Å²) >= 11 is 12.3. The van der Waals surface area contributed by atoms with Crippen molar-refractivity contribution in [2.75, 3.05) is 12.9 Å². The van der Waals surface area contributed by atoms with Crippen molar-refractivity contribution in [1.29, 1.82) is 0 Å². The number of aliphatic imine (C=N–C) groups is 1. The van der Waals surface area contributed by atoms with Gasteiger partial charge in [0.25, 0.3) is 0 Å². The van der Waals surface area contributed by atoms with Gasteiger partial charge in [0.15, 0.2) is 9.84 Å². The Morgan fingerprint density at radius 3 is 2.00 bits per heavy atom. The lowest BCUT2D eigenvalue weighted by Crippen LogP contribution is -2.50. The molecule has 8 heteroatoms. The fourth-order valence-electron chi connectivity index (χ4n) is 4.32. The molecule has 0 aromatic heterocycles. The van der Waals surface area contributed by atoms with E-state index in [4.69, 9.17) is 32.9 Å². The lowest BCUT2D eigenvalue weighted by molar-refractivity contribution is 0.268. The second-order valence-corrected chi connectivity index (χ2v) is 11.5. The number of nitrogens with one attached hydrogen (secondary N) is 1. The van der Waals surface area contributed by atoms with Gasteiger partial charge in [-0.15, -0.1) is 0 Å². The minimum Gasteiger partial charge on any atom is -0.493 e. The van der Waals surface area contributed by atoms with Crippen molar-refractivity contribution in [3.63, 3.8) is 0 Å². The van der Waals surface area contributed by atoms with Crippen LogP contribution in [-0.2, 0) is 20.9 Å². The third kappa shape index (κ3) is 4.30. The Balaban J connectivity index is 1.91. The second-order valence-electron chi connectivity index (χ2n) is 8.66. The van der Waals surface area contributed by atoms with Gasteiger partial charge < -0.3 is 10.1 Å². The molecule has 0 spiro atoms. The summed E-state index contributed by atoms with van der Waals surface area (Å²) in [5.74, 6) is 1.06. The highest BCUT2D eigenvalue weighted by atomic mass is 35.5. The van der Waals surface area contributed by atoms with Gasteiger partial charge in [-0.2, -0.15) is 0 Å². The molecule has 0 saturated heterocycles. The van der Waals surface area contributed by atoms with Gasteiger partial charge in [0.1, 0.15) is 17.1 Å². The first-order valence-corrected chi connectivity index (χ1v) is 13.5. The third-order valence-corrected chi connectivity index (χ3v) is 8.06. The highest BCUT2D eigenvalue weighted by Gasteiger charge is 2.52. The number of halogens is 2. The summed E-state index contributed by atoms with van der Waals surface area (Å²) in [6.07, 6.45) is 1.18. The molecule has 0 bridgehead atoms. The van der Waals surface area contributed by atoms with E-state index in [1.165, 1.54) is 6.26 Å². The van der Waals surface area contributed by atoms with Crippen LogP contribution >= 0.6 is 23.2 Å². The van der Waals surface area contributed by atoms with Gasteiger partial charge in [0.05, 0.1) is 22.6 Å². The van der Waals surface area contributed by atoms with Gasteiger partial charge >= 0.3 is 0 Å². The van der Waals surface area contributed by atoms with Crippen LogP contribution in [0.3, 0.4) is 0 Å². The van der Waals surface area contributed by atoms with Gasteiger partial charge in [-0.25, -0.2) is 8.42 Å². The lowest BCUT2D eigenvalue weighted by Gasteiger charge is -2.40. The molecule has 3 aromatic rings. The number of benzene rings is 3. The molecule has 0 amide bonds. The van der Waals surface area contributed by atoms with Crippen molar-refractivity contribution < 1.29 is 13.2 Å². The molecule has 0 fully saturated rings. The van der Waals surface area contributed by atoms with Crippen molar-refractivity contribution in [2.24, 2.45) is 4.99 Å². The van der Waals surface area contributed by atoms with Gasteiger partial charge in [-0.3, -0.25) is 4.99 Å². The Bertz CT molecular complexity index is 1360. The summed E-state index contributed by atoms with van der Waals surface area (Å²) in [5.41, 5.74) is 1.29. The van der Waals surface area contributed by atoms with E-state index in [1.54, 1.807) is 18.2 Å². The van der Waals surface area contributed by atoms with Crippen LogP contribution in [-0.4, -0.2) is 27.1 Å². The molecule has 1 heterocycles. The fourth-order valence-corrected chi connectivity index (χ4v) is 5.21. The van der Waals surface area contributed by atoms with Crippen LogP contribution < -0.4 is 10.1 Å². The molecule has 0 saturated carbocycles. The monoisotopic (exact) mass is 516 g/mol. The number of sulfone groups is 1. The van der Waals surface area contributed by atoms with Crippen molar-refractivity contribution in [3.8, 4) is 5.75 Å². The van der Waals surface area contributed by atoms with Gasteiger partial charge in [-0.1, -0.05) is 47.5 Å². The molecule has 0 unspecified atom stereocenters. The average Bonchev–Trinajstić information content (AvgIpc) is 3.06. The molecule has 0 aliphatic carbocycles. The van der Waals surface area contributed by atoms with E-state index in [-0.39, 0.29) is 4.90 Å². The molecule has 178 valence electrons. The van der Waals surface area contributed by atoms with Crippen LogP contribution in [0.5, 0.6) is 5.75 Å². The van der Waals surface area contributed by atoms with Crippen molar-refractivity contribution >= 4 is 38.9 Å². The number of hydrogen-bond acceptors (Lipinski definition) is 5. The van der Waals surface area contributed by atoms with Gasteiger partial charge in [-0.05, 0) is 74.4 Å². The molecule has 34 heavy (non-hydrogen) atoms. The summed E-state index contributed by atoms with van der Waals surface area (Å²) in [7, 11) is -3.39. The van der Waals surface area contributed by atoms with Crippen LogP contribution in [0.2, 0.25) is 10.0 Å². The van der Waals surface area contributed by atoms with E-state index in [0.29, 0.717) is 33.8 Å². The number of rotatable bonds is 6. The highest BCUT2D eigenvalue weighted by molar-refractivity contribution is 7.90. The number of hydrogen-bond donors (Lipinski definition) is 1. The summed E-state index contributed by atoms with van der Waals surface area (Å²) < 4.78 is 30.1. The second kappa shape index (κ2) is 8.91. The smallest absolute Gasteiger partial charge is 0.175 e. The van der Waals surface area contributed by atoms with E-state index >= 15 is 0 Å². The van der Waals surface area contributed by atoms with Crippen LogP contribution in [0.1, 0.15) is 37.5 Å². The maximum Gasteiger partial charge on any atom is 0.175 e. The first-order valence-electron chi connectivity index (χ1n) is 10.9. The first-order chi connectivity index (χ1) is 16.0. The van der Waals surface area contributed by atoms with Crippen LogP contribution in [0.25, 0.3) is 0 Å². The number of amidine groups is 1. The maximum atomic E-state index is 12.1. The Morgan fingerprint density at radius 2 is 1.47 bits per heavy atom. The predicted octanol–water partition coefficient (Wildman–Crippen LogP) is 5.98. The quantitative estimate of drug-likeness (QED) is 0.437. The van der Waals surface area contributed by atoms with E-state index in [2.05, 4.69) is 19.2 Å². The predicted molar refractivity (Wildman–Crippen MR) is 138 cm³/mol. The zero-order valence-electron chi connectivity index (χ0n) is 19.4. The van der Waals surface area contributed by atoms with E-state index in [9.17, 15) is 8.42 Å². The molecule has 3 aromatic carbocycles. The molecule has 1 aliphatic rings. The third-order valence-electron chi connectivity index (χ3n) is 6.44. The van der Waals surface area contributed by atoms with E-state index in [0.717, 1.165) is 11.1 Å². The van der Waals surface area contributed by atoms with E-state index < -0.39 is 20.9 Å². The average molecular weight is 517 g/mol. The Kier molecular flexibility index (Phi) is 6.44. The topological polar surface area (TPSA) is 67.8 Å². The largest absolute Gasteiger partial charge is 0.493 e. The standard InChI is InChI=1S/C26H26Cl2N2O3S/c1-5-33-23-16-21(34(4,31)32)14-15-22(23)24-29-25(2,17-6-10-19(27)11-7-17)26(3,30-24)18-8-12-20(28)13-9-18/h6-16H,5H2,1-4H3,(H,29,30)/t25-,26+. The number of nitrogens with zero attached hydrogens (tertiary/aromatic N) is 1. The maximum absolute atomic E-state index is 12.1. The SMILES string of the molecule is CCOc1cc(S(C)(=O)=O)ccc1C1=N[C@@](C)(c2ccc(Cl)cc2)[C@@](C)(c2ccc(Cl)cc2)N1. The van der Waals surface area contributed by atoms with Crippen LogP contribution in [0.15, 0.2) is 76.6 Å². The molecule has 4 rings (SSSR count). The summed E-state index contributed by atoms with van der Waals surface area (Å²) in [5, 5.41) is 4.92. The van der Waals surface area contributed by atoms with E-state index in [1.807, 2.05) is 55.5 Å². The molecule has 5 nitrogen and oxygen atoms in total. The summed E-state index contributed by atoms with van der Waals surface area (Å²) in [6.45, 7) is 6.40. The minimum atomic E-state index is -3.39. The Morgan fingerprint density at radius 1 is 0.912 bits per heavy atom.